The highest BCUT2D eigenvalue weighted by atomic mass is 16.2. The van der Waals surface area contributed by atoms with Gasteiger partial charge in [0, 0.05) is 30.4 Å². The Hall–Kier alpha value is -2.82. The number of amides is 1. The third-order valence-electron chi connectivity index (χ3n) is 4.90. The minimum atomic E-state index is 0.115. The number of fused-ring (bicyclic) bond motifs is 2. The normalized spacial score (nSPS) is 16.8. The minimum Gasteiger partial charge on any atom is -0.379 e. The van der Waals surface area contributed by atoms with E-state index in [1.807, 2.05) is 47.5 Å². The van der Waals surface area contributed by atoms with Crippen LogP contribution < -0.4 is 10.2 Å². The van der Waals surface area contributed by atoms with Crippen molar-refractivity contribution in [3.05, 3.63) is 54.4 Å². The molecular formula is C20H22N4O. The number of anilines is 2. The summed E-state index contributed by atoms with van der Waals surface area (Å²) in [5.74, 6) is 0.560. The number of nitrogens with one attached hydrogen (secondary N) is 2. The van der Waals surface area contributed by atoms with E-state index in [0.29, 0.717) is 18.9 Å². The summed E-state index contributed by atoms with van der Waals surface area (Å²) in [4.78, 5) is 22.5. The third-order valence-corrected chi connectivity index (χ3v) is 4.90. The Balaban J connectivity index is 1.64. The molecule has 0 saturated carbocycles. The quantitative estimate of drug-likeness (QED) is 0.769. The highest BCUT2D eigenvalue weighted by molar-refractivity contribution is 6.00. The molecule has 0 radical (unpaired) electrons. The van der Waals surface area contributed by atoms with Crippen LogP contribution in [0.2, 0.25) is 0 Å². The minimum absolute atomic E-state index is 0.115. The van der Waals surface area contributed by atoms with Crippen LogP contribution in [-0.2, 0) is 11.2 Å². The molecule has 5 heteroatoms. The fraction of sp³-hybridized carbons (Fsp3) is 0.300. The van der Waals surface area contributed by atoms with Gasteiger partial charge in [-0.1, -0.05) is 26.0 Å². The van der Waals surface area contributed by atoms with Crippen LogP contribution >= 0.6 is 0 Å². The van der Waals surface area contributed by atoms with Gasteiger partial charge in [0.25, 0.3) is 0 Å². The molecule has 0 saturated heterocycles. The molecule has 3 heterocycles. The Bertz CT molecular complexity index is 915. The van der Waals surface area contributed by atoms with Gasteiger partial charge < -0.3 is 15.2 Å². The molecule has 2 N–H and O–H groups in total. The molecule has 0 bridgehead atoms. The van der Waals surface area contributed by atoms with Crippen molar-refractivity contribution >= 4 is 28.3 Å². The number of carbonyl (C=O) groups excluding carboxylic acids is 1. The van der Waals surface area contributed by atoms with Gasteiger partial charge in [-0.2, -0.15) is 0 Å². The van der Waals surface area contributed by atoms with Crippen LogP contribution in [0.4, 0.5) is 11.4 Å². The van der Waals surface area contributed by atoms with E-state index in [4.69, 9.17) is 0 Å². The second-order valence-corrected chi connectivity index (χ2v) is 6.91. The van der Waals surface area contributed by atoms with Crippen molar-refractivity contribution in [2.75, 3.05) is 16.8 Å². The lowest BCUT2D eigenvalue weighted by Crippen LogP contribution is -2.47. The lowest BCUT2D eigenvalue weighted by molar-refractivity contribution is -0.118. The number of H-pyrrole nitrogens is 1. The van der Waals surface area contributed by atoms with Gasteiger partial charge in [-0.3, -0.25) is 4.79 Å². The summed E-state index contributed by atoms with van der Waals surface area (Å²) < 4.78 is 0. The van der Waals surface area contributed by atoms with Gasteiger partial charge in [0.15, 0.2) is 0 Å². The van der Waals surface area contributed by atoms with Crippen LogP contribution in [0, 0.1) is 5.92 Å². The number of pyridine rings is 1. The molecule has 5 nitrogen and oxygen atoms in total. The first-order valence-corrected chi connectivity index (χ1v) is 8.70. The molecule has 1 aliphatic heterocycles. The molecule has 3 aromatic rings. The number of carbonyl (C=O) groups is 1. The van der Waals surface area contributed by atoms with Crippen molar-refractivity contribution in [2.45, 2.75) is 26.3 Å². The van der Waals surface area contributed by atoms with E-state index in [1.54, 1.807) is 6.20 Å². The first-order valence-electron chi connectivity index (χ1n) is 8.70. The lowest BCUT2D eigenvalue weighted by atomic mass is 9.99. The maximum Gasteiger partial charge on any atom is 0.231 e. The summed E-state index contributed by atoms with van der Waals surface area (Å²) in [7, 11) is 0. The number of aromatic amines is 1. The number of para-hydroxylation sites is 2. The van der Waals surface area contributed by atoms with Crippen molar-refractivity contribution in [3.63, 3.8) is 0 Å². The van der Waals surface area contributed by atoms with Gasteiger partial charge >= 0.3 is 0 Å². The largest absolute Gasteiger partial charge is 0.379 e. The van der Waals surface area contributed by atoms with Crippen molar-refractivity contribution in [3.8, 4) is 0 Å². The molecule has 0 fully saturated rings. The Morgan fingerprint density at radius 1 is 1.28 bits per heavy atom. The molecule has 128 valence electrons. The van der Waals surface area contributed by atoms with Gasteiger partial charge in [0.05, 0.1) is 17.8 Å². The third kappa shape index (κ3) is 2.86. The van der Waals surface area contributed by atoms with E-state index in [1.165, 1.54) is 0 Å². The zero-order valence-electron chi connectivity index (χ0n) is 14.5. The van der Waals surface area contributed by atoms with Crippen LogP contribution in [0.3, 0.4) is 0 Å². The van der Waals surface area contributed by atoms with E-state index in [9.17, 15) is 4.79 Å². The molecule has 1 aromatic carbocycles. The Morgan fingerprint density at radius 2 is 2.12 bits per heavy atom. The SMILES string of the molecule is CC(C)C1CN(C(=O)Cc2c[nH]c3ncccc23)c2ccccc2N1. The van der Waals surface area contributed by atoms with Gasteiger partial charge in [-0.15, -0.1) is 0 Å². The molecule has 1 aliphatic rings. The van der Waals surface area contributed by atoms with Crippen molar-refractivity contribution < 1.29 is 4.79 Å². The van der Waals surface area contributed by atoms with E-state index in [2.05, 4.69) is 29.1 Å². The summed E-state index contributed by atoms with van der Waals surface area (Å²) in [5.41, 5.74) is 3.81. The second-order valence-electron chi connectivity index (χ2n) is 6.91. The summed E-state index contributed by atoms with van der Waals surface area (Å²) in [6.07, 6.45) is 4.01. The fourth-order valence-electron chi connectivity index (χ4n) is 3.40. The van der Waals surface area contributed by atoms with E-state index in [0.717, 1.165) is 28.0 Å². The molecule has 1 atom stereocenters. The Kier molecular flexibility index (Phi) is 3.92. The zero-order chi connectivity index (χ0) is 17.4. The number of rotatable bonds is 3. The fourth-order valence-corrected chi connectivity index (χ4v) is 3.40. The first-order chi connectivity index (χ1) is 12.1. The van der Waals surface area contributed by atoms with Gasteiger partial charge in [-0.25, -0.2) is 4.98 Å². The summed E-state index contributed by atoms with van der Waals surface area (Å²) in [5, 5.41) is 4.57. The summed E-state index contributed by atoms with van der Waals surface area (Å²) in [6.45, 7) is 5.05. The highest BCUT2D eigenvalue weighted by Gasteiger charge is 2.29. The van der Waals surface area contributed by atoms with Crippen LogP contribution in [-0.4, -0.2) is 28.5 Å². The van der Waals surface area contributed by atoms with Crippen LogP contribution in [0.15, 0.2) is 48.8 Å². The predicted molar refractivity (Wildman–Crippen MR) is 101 cm³/mol. The molecular weight excluding hydrogens is 312 g/mol. The monoisotopic (exact) mass is 334 g/mol. The average Bonchev–Trinajstić information content (AvgIpc) is 3.03. The maximum atomic E-state index is 13.1. The number of aromatic nitrogens is 2. The second kappa shape index (κ2) is 6.24. The van der Waals surface area contributed by atoms with Crippen LogP contribution in [0.1, 0.15) is 19.4 Å². The van der Waals surface area contributed by atoms with Crippen LogP contribution in [0.25, 0.3) is 11.0 Å². The number of hydrogen-bond acceptors (Lipinski definition) is 3. The maximum absolute atomic E-state index is 13.1. The summed E-state index contributed by atoms with van der Waals surface area (Å²) >= 11 is 0. The molecule has 0 spiro atoms. The van der Waals surface area contributed by atoms with E-state index >= 15 is 0 Å². The van der Waals surface area contributed by atoms with Crippen molar-refractivity contribution in [2.24, 2.45) is 5.92 Å². The average molecular weight is 334 g/mol. The van der Waals surface area contributed by atoms with E-state index < -0.39 is 0 Å². The van der Waals surface area contributed by atoms with Crippen molar-refractivity contribution in [1.82, 2.24) is 9.97 Å². The standard InChI is InChI=1S/C20H22N4O/c1-13(2)17-12-24(18-8-4-3-7-16(18)23-17)19(25)10-14-11-22-20-15(14)6-5-9-21-20/h3-9,11,13,17,23H,10,12H2,1-2H3,(H,21,22). The molecule has 4 rings (SSSR count). The predicted octanol–water partition coefficient (Wildman–Crippen LogP) is 3.59. The highest BCUT2D eigenvalue weighted by Crippen LogP contribution is 2.33. The number of hydrogen-bond donors (Lipinski definition) is 2. The molecule has 1 unspecified atom stereocenters. The number of nitrogens with zero attached hydrogens (tertiary/aromatic N) is 2. The van der Waals surface area contributed by atoms with Gasteiger partial charge in [0.1, 0.15) is 5.65 Å². The summed E-state index contributed by atoms with van der Waals surface area (Å²) in [6, 6.07) is 12.2. The Morgan fingerprint density at radius 3 is 2.96 bits per heavy atom. The topological polar surface area (TPSA) is 61.0 Å². The molecule has 2 aromatic heterocycles. The molecule has 1 amide bonds. The Labute approximate surface area is 147 Å². The molecule has 0 aliphatic carbocycles. The number of benzene rings is 1. The van der Waals surface area contributed by atoms with Gasteiger partial charge in [-0.05, 0) is 35.7 Å². The van der Waals surface area contributed by atoms with Crippen LogP contribution in [0.5, 0.6) is 0 Å². The van der Waals surface area contributed by atoms with Crippen molar-refractivity contribution in [1.29, 1.82) is 0 Å². The van der Waals surface area contributed by atoms with Gasteiger partial charge in [0.2, 0.25) is 5.91 Å². The zero-order valence-corrected chi connectivity index (χ0v) is 14.5. The molecule has 25 heavy (non-hydrogen) atoms. The smallest absolute Gasteiger partial charge is 0.231 e. The van der Waals surface area contributed by atoms with E-state index in [-0.39, 0.29) is 11.9 Å². The lowest BCUT2D eigenvalue weighted by Gasteiger charge is -2.37. The first kappa shape index (κ1) is 15.7.